The maximum absolute atomic E-state index is 12.3. The molecule has 1 amide bonds. The molecule has 1 heterocycles. The van der Waals surface area contributed by atoms with Gasteiger partial charge < -0.3 is 11.1 Å². The topological polar surface area (TPSA) is 95.7 Å². The summed E-state index contributed by atoms with van der Waals surface area (Å²) in [6.45, 7) is 3.29. The molecular formula is C10H22N4O3S. The van der Waals surface area contributed by atoms with Gasteiger partial charge in [0.05, 0.1) is 0 Å². The van der Waals surface area contributed by atoms with E-state index in [-0.39, 0.29) is 5.91 Å². The molecule has 0 aromatic carbocycles. The monoisotopic (exact) mass is 278 g/mol. The fraction of sp³-hybridized carbons (Fsp3) is 0.900. The number of nitrogens with zero attached hydrogens (tertiary/aromatic N) is 2. The molecule has 0 bridgehead atoms. The number of hydrogen-bond donors (Lipinski definition) is 2. The number of nitrogens with one attached hydrogen (secondary N) is 1. The van der Waals surface area contributed by atoms with Crippen molar-refractivity contribution in [3.63, 3.8) is 0 Å². The Labute approximate surface area is 108 Å². The molecule has 18 heavy (non-hydrogen) atoms. The summed E-state index contributed by atoms with van der Waals surface area (Å²) in [6.07, 6.45) is 1.07. The molecule has 1 saturated heterocycles. The Morgan fingerprint density at radius 2 is 2.22 bits per heavy atom. The lowest BCUT2D eigenvalue weighted by molar-refractivity contribution is -0.126. The molecule has 1 unspecified atom stereocenters. The highest BCUT2D eigenvalue weighted by Crippen LogP contribution is 2.16. The summed E-state index contributed by atoms with van der Waals surface area (Å²) in [5.74, 6) is -0.223. The minimum Gasteiger partial charge on any atom is -0.353 e. The zero-order chi connectivity index (χ0) is 13.8. The van der Waals surface area contributed by atoms with Crippen LogP contribution in [0.5, 0.6) is 0 Å². The van der Waals surface area contributed by atoms with Crippen LogP contribution < -0.4 is 11.1 Å². The first-order valence-corrected chi connectivity index (χ1v) is 7.55. The largest absolute Gasteiger partial charge is 0.353 e. The van der Waals surface area contributed by atoms with E-state index in [4.69, 9.17) is 5.73 Å². The lowest BCUT2D eigenvalue weighted by Gasteiger charge is -2.35. The smallest absolute Gasteiger partial charge is 0.282 e. The van der Waals surface area contributed by atoms with E-state index in [0.717, 1.165) is 0 Å². The van der Waals surface area contributed by atoms with Gasteiger partial charge >= 0.3 is 0 Å². The van der Waals surface area contributed by atoms with Gasteiger partial charge in [-0.25, -0.2) is 0 Å². The van der Waals surface area contributed by atoms with Crippen molar-refractivity contribution in [1.29, 1.82) is 0 Å². The van der Waals surface area contributed by atoms with Crippen LogP contribution in [0.2, 0.25) is 0 Å². The van der Waals surface area contributed by atoms with Gasteiger partial charge in [-0.3, -0.25) is 4.79 Å². The highest BCUT2D eigenvalue weighted by molar-refractivity contribution is 7.86. The summed E-state index contributed by atoms with van der Waals surface area (Å²) in [4.78, 5) is 11.7. The fourth-order valence-electron chi connectivity index (χ4n) is 1.97. The Balaban J connectivity index is 2.85. The summed E-state index contributed by atoms with van der Waals surface area (Å²) in [5.41, 5.74) is 5.37. The van der Waals surface area contributed by atoms with Crippen molar-refractivity contribution in [1.82, 2.24) is 13.9 Å². The van der Waals surface area contributed by atoms with Gasteiger partial charge in [-0.15, -0.1) is 0 Å². The minimum absolute atomic E-state index is 0.223. The summed E-state index contributed by atoms with van der Waals surface area (Å²) in [7, 11) is -2.06. The molecule has 0 spiro atoms. The van der Waals surface area contributed by atoms with Crippen LogP contribution in [0.3, 0.4) is 0 Å². The molecule has 1 rings (SSSR count). The van der Waals surface area contributed by atoms with E-state index in [2.05, 4.69) is 5.32 Å². The molecule has 0 saturated carbocycles. The van der Waals surface area contributed by atoms with Crippen molar-refractivity contribution in [3.05, 3.63) is 0 Å². The molecule has 106 valence electrons. The zero-order valence-corrected chi connectivity index (χ0v) is 11.7. The van der Waals surface area contributed by atoms with Gasteiger partial charge in [0.1, 0.15) is 6.04 Å². The fourth-order valence-corrected chi connectivity index (χ4v) is 3.57. The number of amides is 1. The molecule has 0 aliphatic carbocycles. The highest BCUT2D eigenvalue weighted by Gasteiger charge is 2.38. The predicted molar refractivity (Wildman–Crippen MR) is 69.0 cm³/mol. The average Bonchev–Trinajstić information content (AvgIpc) is 2.35. The van der Waals surface area contributed by atoms with E-state index in [0.29, 0.717) is 39.0 Å². The molecule has 0 radical (unpaired) electrons. The molecule has 1 aliphatic heterocycles. The lowest BCUT2D eigenvalue weighted by atomic mass is 10.2. The van der Waals surface area contributed by atoms with E-state index in [1.165, 1.54) is 15.7 Å². The van der Waals surface area contributed by atoms with E-state index in [1.54, 1.807) is 6.92 Å². The summed E-state index contributed by atoms with van der Waals surface area (Å²) >= 11 is 0. The summed E-state index contributed by atoms with van der Waals surface area (Å²) in [5, 5.41) is 2.68. The molecule has 7 nitrogen and oxygen atoms in total. The first-order chi connectivity index (χ1) is 8.45. The minimum atomic E-state index is -3.58. The molecule has 1 aliphatic rings. The van der Waals surface area contributed by atoms with Crippen LogP contribution in [0.15, 0.2) is 0 Å². The maximum atomic E-state index is 12.3. The second-order valence-electron chi connectivity index (χ2n) is 4.30. The van der Waals surface area contributed by atoms with Crippen molar-refractivity contribution in [2.75, 3.05) is 33.2 Å². The molecule has 1 atom stereocenters. The Bertz CT molecular complexity index is 385. The molecule has 0 aromatic heterocycles. The maximum Gasteiger partial charge on any atom is 0.282 e. The van der Waals surface area contributed by atoms with Crippen LogP contribution >= 0.6 is 0 Å². The Morgan fingerprint density at radius 1 is 1.56 bits per heavy atom. The Hall–Kier alpha value is -0.700. The van der Waals surface area contributed by atoms with Crippen molar-refractivity contribution < 1.29 is 13.2 Å². The van der Waals surface area contributed by atoms with Crippen LogP contribution in [0.4, 0.5) is 0 Å². The Kier molecular flexibility index (Phi) is 5.51. The molecular weight excluding hydrogens is 256 g/mol. The Morgan fingerprint density at radius 3 is 2.78 bits per heavy atom. The van der Waals surface area contributed by atoms with Gasteiger partial charge in [0.2, 0.25) is 5.91 Å². The number of carbonyl (C=O) groups is 1. The second kappa shape index (κ2) is 6.46. The zero-order valence-electron chi connectivity index (χ0n) is 10.9. The van der Waals surface area contributed by atoms with E-state index in [9.17, 15) is 13.2 Å². The molecule has 3 N–H and O–H groups in total. The lowest BCUT2D eigenvalue weighted by Crippen LogP contribution is -2.59. The quantitative estimate of drug-likeness (QED) is 0.633. The predicted octanol–water partition coefficient (Wildman–Crippen LogP) is -1.28. The van der Waals surface area contributed by atoms with Crippen molar-refractivity contribution in [2.24, 2.45) is 5.73 Å². The van der Waals surface area contributed by atoms with Gasteiger partial charge in [-0.2, -0.15) is 17.0 Å². The molecule has 0 aromatic rings. The average molecular weight is 278 g/mol. The standard InChI is InChI=1S/C10H22N4O3S/c1-3-9-10(15)12-6-8-14(9)18(16,17)13(2)7-4-5-11/h9H,3-8,11H2,1-2H3,(H,12,15). The SMILES string of the molecule is CCC1C(=O)NCCN1S(=O)(=O)N(C)CCCN. The van der Waals surface area contributed by atoms with E-state index in [1.807, 2.05) is 0 Å². The van der Waals surface area contributed by atoms with E-state index < -0.39 is 16.3 Å². The third-order valence-corrected chi connectivity index (χ3v) is 5.04. The van der Waals surface area contributed by atoms with Crippen LogP contribution in [-0.4, -0.2) is 62.2 Å². The number of carbonyl (C=O) groups excluding carboxylic acids is 1. The van der Waals surface area contributed by atoms with Crippen molar-refractivity contribution in [3.8, 4) is 0 Å². The second-order valence-corrected chi connectivity index (χ2v) is 6.29. The first kappa shape index (κ1) is 15.4. The van der Waals surface area contributed by atoms with Crippen LogP contribution in [-0.2, 0) is 15.0 Å². The van der Waals surface area contributed by atoms with Crippen LogP contribution in [0, 0.1) is 0 Å². The van der Waals surface area contributed by atoms with E-state index >= 15 is 0 Å². The van der Waals surface area contributed by atoms with Gasteiger partial charge in [0.25, 0.3) is 10.2 Å². The third kappa shape index (κ3) is 3.19. The normalized spacial score (nSPS) is 22.2. The van der Waals surface area contributed by atoms with Gasteiger partial charge in [0.15, 0.2) is 0 Å². The number of rotatable bonds is 6. The summed E-state index contributed by atoms with van der Waals surface area (Å²) in [6, 6.07) is -0.607. The van der Waals surface area contributed by atoms with Crippen molar-refractivity contribution in [2.45, 2.75) is 25.8 Å². The number of nitrogens with two attached hydrogens (primary N) is 1. The van der Waals surface area contributed by atoms with Gasteiger partial charge in [-0.05, 0) is 19.4 Å². The highest BCUT2D eigenvalue weighted by atomic mass is 32.2. The van der Waals surface area contributed by atoms with Gasteiger partial charge in [-0.1, -0.05) is 6.92 Å². The number of hydrogen-bond acceptors (Lipinski definition) is 4. The molecule has 1 fully saturated rings. The van der Waals surface area contributed by atoms with Crippen molar-refractivity contribution >= 4 is 16.1 Å². The van der Waals surface area contributed by atoms with Crippen LogP contribution in [0.25, 0.3) is 0 Å². The van der Waals surface area contributed by atoms with Crippen LogP contribution in [0.1, 0.15) is 19.8 Å². The third-order valence-electron chi connectivity index (χ3n) is 3.04. The van der Waals surface area contributed by atoms with Gasteiger partial charge in [0, 0.05) is 26.7 Å². The number of piperazine rings is 1. The first-order valence-electron chi connectivity index (χ1n) is 6.16. The molecule has 8 heteroatoms. The summed E-state index contributed by atoms with van der Waals surface area (Å²) < 4.78 is 27.2.